The quantitative estimate of drug-likeness (QED) is 0.546. The number of fused-ring (bicyclic) bond motifs is 1. The number of rotatable bonds is 5. The van der Waals surface area contributed by atoms with Crippen molar-refractivity contribution in [2.24, 2.45) is 0 Å². The van der Waals surface area contributed by atoms with Crippen molar-refractivity contribution in [3.8, 4) is 11.3 Å². The van der Waals surface area contributed by atoms with E-state index in [4.69, 9.17) is 26.1 Å². The molecule has 164 valence electrons. The maximum atomic E-state index is 13.0. The summed E-state index contributed by atoms with van der Waals surface area (Å²) in [6.07, 6.45) is 0. The third-order valence-corrected chi connectivity index (χ3v) is 5.59. The van der Waals surface area contributed by atoms with Crippen molar-refractivity contribution in [1.29, 1.82) is 0 Å². The predicted octanol–water partition coefficient (Wildman–Crippen LogP) is 3.97. The Morgan fingerprint density at radius 1 is 0.969 bits per heavy atom. The second-order valence-corrected chi connectivity index (χ2v) is 7.89. The molecule has 1 atom stereocenters. The second kappa shape index (κ2) is 8.51. The lowest BCUT2D eigenvalue weighted by Gasteiger charge is -2.19. The molecule has 0 radical (unpaired) electrons. The lowest BCUT2D eigenvalue weighted by atomic mass is 9.94. The summed E-state index contributed by atoms with van der Waals surface area (Å²) in [7, 11) is 6.25. The largest absolute Gasteiger partial charge is 0.467 e. The zero-order chi connectivity index (χ0) is 23.0. The first-order valence-electron chi connectivity index (χ1n) is 9.90. The first-order chi connectivity index (χ1) is 15.4. The van der Waals surface area contributed by atoms with Crippen LogP contribution in [0.1, 0.15) is 17.3 Å². The van der Waals surface area contributed by atoms with Crippen molar-refractivity contribution in [3.05, 3.63) is 76.5 Å². The van der Waals surface area contributed by atoms with Crippen molar-refractivity contribution >= 4 is 35.1 Å². The molecule has 32 heavy (non-hydrogen) atoms. The zero-order valence-electron chi connectivity index (χ0n) is 18.1. The van der Waals surface area contributed by atoms with Gasteiger partial charge in [0.25, 0.3) is 0 Å². The lowest BCUT2D eigenvalue weighted by Crippen LogP contribution is -2.27. The van der Waals surface area contributed by atoms with E-state index in [2.05, 4.69) is 0 Å². The van der Waals surface area contributed by atoms with Gasteiger partial charge >= 0.3 is 11.9 Å². The standard InChI is InChI=1S/C24H22ClN3O4/c1-27(2)24-26-19(15-8-6-5-7-9-15)20-17(14-10-12-16(25)13-11-14)18(22(29)31-3)21(28(20)24)23(30)32-4/h5-13,21H,1-4H3. The third kappa shape index (κ3) is 3.44. The highest BCUT2D eigenvalue weighted by atomic mass is 35.5. The van der Waals surface area contributed by atoms with E-state index in [1.54, 1.807) is 21.6 Å². The molecule has 4 rings (SSSR count). The van der Waals surface area contributed by atoms with Gasteiger partial charge in [-0.25, -0.2) is 14.6 Å². The summed E-state index contributed by atoms with van der Waals surface area (Å²) in [5.74, 6) is -0.687. The summed E-state index contributed by atoms with van der Waals surface area (Å²) in [5.41, 5.74) is 3.60. The van der Waals surface area contributed by atoms with E-state index < -0.39 is 18.0 Å². The smallest absolute Gasteiger partial charge is 0.337 e. The fourth-order valence-corrected chi connectivity index (χ4v) is 4.10. The fraction of sp³-hybridized carbons (Fsp3) is 0.208. The first kappa shape index (κ1) is 21.6. The second-order valence-electron chi connectivity index (χ2n) is 7.45. The number of benzene rings is 2. The number of nitrogens with zero attached hydrogens (tertiary/aromatic N) is 3. The number of imidazole rings is 1. The average molecular weight is 452 g/mol. The SMILES string of the molecule is COC(=O)C1=C(c2ccc(Cl)cc2)c2c(-c3ccccc3)nc(N(C)C)n2C1C(=O)OC. The van der Waals surface area contributed by atoms with Crippen LogP contribution in [0.25, 0.3) is 16.8 Å². The molecule has 7 nitrogen and oxygen atoms in total. The van der Waals surface area contributed by atoms with Crippen LogP contribution < -0.4 is 4.90 Å². The van der Waals surface area contributed by atoms with E-state index in [0.717, 1.165) is 5.56 Å². The molecule has 2 heterocycles. The number of carbonyl (C=O) groups is 2. The molecule has 1 aliphatic heterocycles. The maximum absolute atomic E-state index is 13.0. The number of aromatic nitrogens is 2. The predicted molar refractivity (Wildman–Crippen MR) is 123 cm³/mol. The number of ether oxygens (including phenoxy) is 2. The number of esters is 2. The van der Waals surface area contributed by atoms with Gasteiger partial charge in [-0.2, -0.15) is 0 Å². The molecule has 1 aromatic heterocycles. The van der Waals surface area contributed by atoms with Gasteiger partial charge in [0.2, 0.25) is 5.95 Å². The summed E-state index contributed by atoms with van der Waals surface area (Å²) < 4.78 is 11.9. The molecule has 3 aromatic rings. The van der Waals surface area contributed by atoms with E-state index >= 15 is 0 Å². The molecule has 0 N–H and O–H groups in total. The van der Waals surface area contributed by atoms with Gasteiger partial charge in [0.1, 0.15) is 0 Å². The molecule has 1 unspecified atom stereocenters. The fourth-order valence-electron chi connectivity index (χ4n) is 3.98. The summed E-state index contributed by atoms with van der Waals surface area (Å²) in [6.45, 7) is 0. The molecule has 0 amide bonds. The highest BCUT2D eigenvalue weighted by Gasteiger charge is 2.45. The summed E-state index contributed by atoms with van der Waals surface area (Å²) in [5, 5.41) is 0.558. The monoisotopic (exact) mass is 451 g/mol. The highest BCUT2D eigenvalue weighted by molar-refractivity contribution is 6.30. The third-order valence-electron chi connectivity index (χ3n) is 5.34. The number of methoxy groups -OCH3 is 2. The van der Waals surface area contributed by atoms with Crippen LogP contribution in [0.2, 0.25) is 5.02 Å². The summed E-state index contributed by atoms with van der Waals surface area (Å²) >= 11 is 6.11. The highest BCUT2D eigenvalue weighted by Crippen LogP contribution is 2.48. The van der Waals surface area contributed by atoms with E-state index in [0.29, 0.717) is 33.5 Å². The van der Waals surface area contributed by atoms with Gasteiger partial charge < -0.3 is 14.4 Å². The molecule has 0 bridgehead atoms. The van der Waals surface area contributed by atoms with Gasteiger partial charge in [-0.1, -0.05) is 54.1 Å². The molecule has 0 aliphatic carbocycles. The van der Waals surface area contributed by atoms with Crippen LogP contribution in [0.15, 0.2) is 60.2 Å². The lowest BCUT2D eigenvalue weighted by molar-refractivity contribution is -0.146. The average Bonchev–Trinajstić information content (AvgIpc) is 3.35. The van der Waals surface area contributed by atoms with E-state index in [1.807, 2.05) is 56.6 Å². The van der Waals surface area contributed by atoms with Gasteiger partial charge in [-0.05, 0) is 17.7 Å². The van der Waals surface area contributed by atoms with Crippen LogP contribution >= 0.6 is 11.6 Å². The summed E-state index contributed by atoms with van der Waals surface area (Å²) in [6, 6.07) is 15.7. The minimum Gasteiger partial charge on any atom is -0.467 e. The Kier molecular flexibility index (Phi) is 5.76. The van der Waals surface area contributed by atoms with E-state index in [9.17, 15) is 9.59 Å². The van der Waals surface area contributed by atoms with Crippen molar-refractivity contribution in [3.63, 3.8) is 0 Å². The van der Waals surface area contributed by atoms with Gasteiger partial charge in [0, 0.05) is 30.3 Å². The van der Waals surface area contributed by atoms with E-state index in [-0.39, 0.29) is 5.57 Å². The number of hydrogen-bond donors (Lipinski definition) is 0. The van der Waals surface area contributed by atoms with E-state index in [1.165, 1.54) is 14.2 Å². The Morgan fingerprint density at radius 2 is 1.62 bits per heavy atom. The van der Waals surface area contributed by atoms with Crippen molar-refractivity contribution in [2.45, 2.75) is 6.04 Å². The minimum atomic E-state index is -1.05. The molecule has 2 aromatic carbocycles. The molecule has 8 heteroatoms. The molecule has 0 saturated heterocycles. The van der Waals surface area contributed by atoms with Crippen molar-refractivity contribution in [2.75, 3.05) is 33.2 Å². The normalized spacial score (nSPS) is 14.8. The van der Waals surface area contributed by atoms with Gasteiger partial charge in [0.15, 0.2) is 6.04 Å². The van der Waals surface area contributed by atoms with Gasteiger partial charge in [-0.15, -0.1) is 0 Å². The Labute approximate surface area is 190 Å². The minimum absolute atomic E-state index is 0.194. The van der Waals surface area contributed by atoms with Crippen LogP contribution in [0.3, 0.4) is 0 Å². The molecular weight excluding hydrogens is 430 g/mol. The summed E-state index contributed by atoms with van der Waals surface area (Å²) in [4.78, 5) is 32.7. The van der Waals surface area contributed by atoms with Crippen molar-refractivity contribution < 1.29 is 19.1 Å². The first-order valence-corrected chi connectivity index (χ1v) is 10.3. The maximum Gasteiger partial charge on any atom is 0.337 e. The van der Waals surface area contributed by atoms with Crippen LogP contribution in [0.4, 0.5) is 5.95 Å². The molecular formula is C24H22ClN3O4. The topological polar surface area (TPSA) is 73.7 Å². The van der Waals surface area contributed by atoms with Gasteiger partial charge in [-0.3, -0.25) is 4.57 Å². The van der Waals surface area contributed by atoms with Crippen LogP contribution in [0, 0.1) is 0 Å². The zero-order valence-corrected chi connectivity index (χ0v) is 18.9. The number of halogens is 1. The van der Waals surface area contributed by atoms with Crippen LogP contribution in [0.5, 0.6) is 0 Å². The van der Waals surface area contributed by atoms with Crippen molar-refractivity contribution in [1.82, 2.24) is 9.55 Å². The van der Waals surface area contributed by atoms with Crippen LogP contribution in [-0.4, -0.2) is 49.8 Å². The van der Waals surface area contributed by atoms with Crippen LogP contribution in [-0.2, 0) is 19.1 Å². The number of carbonyl (C=O) groups excluding carboxylic acids is 2. The Hall–Kier alpha value is -3.58. The van der Waals surface area contributed by atoms with Gasteiger partial charge in [0.05, 0.1) is 31.2 Å². The number of anilines is 1. The number of hydrogen-bond acceptors (Lipinski definition) is 6. The Morgan fingerprint density at radius 3 is 2.19 bits per heavy atom. The Bertz CT molecular complexity index is 1210. The molecule has 0 spiro atoms. The molecule has 0 saturated carbocycles. The molecule has 1 aliphatic rings. The Balaban J connectivity index is 2.14. The molecule has 0 fully saturated rings.